The van der Waals surface area contributed by atoms with E-state index in [0.717, 1.165) is 5.56 Å². The van der Waals surface area contributed by atoms with Crippen molar-refractivity contribution in [1.29, 1.82) is 0 Å². The van der Waals surface area contributed by atoms with Crippen molar-refractivity contribution in [3.05, 3.63) is 83.8 Å². The van der Waals surface area contributed by atoms with E-state index in [1.54, 1.807) is 19.4 Å². The maximum absolute atomic E-state index is 14.0. The first kappa shape index (κ1) is 19.2. The van der Waals surface area contributed by atoms with Crippen molar-refractivity contribution in [2.24, 2.45) is 0 Å². The van der Waals surface area contributed by atoms with Gasteiger partial charge in [-0.25, -0.2) is 8.78 Å². The summed E-state index contributed by atoms with van der Waals surface area (Å²) in [6, 6.07) is 14.9. The summed E-state index contributed by atoms with van der Waals surface area (Å²) in [4.78, 5) is 0. The monoisotopic (exact) mass is 413 g/mol. The molecule has 0 saturated carbocycles. The molecule has 0 saturated heterocycles. The van der Waals surface area contributed by atoms with Crippen LogP contribution < -0.4 is 4.74 Å². The van der Waals surface area contributed by atoms with Gasteiger partial charge >= 0.3 is 0 Å². The number of rotatable bonds is 7. The van der Waals surface area contributed by atoms with Gasteiger partial charge in [0.15, 0.2) is 11.0 Å². The number of aromatic nitrogens is 3. The highest BCUT2D eigenvalue weighted by molar-refractivity contribution is 7.98. The van der Waals surface area contributed by atoms with Crippen LogP contribution in [0.5, 0.6) is 5.75 Å². The van der Waals surface area contributed by atoms with Crippen LogP contribution in [0.1, 0.15) is 11.3 Å². The highest BCUT2D eigenvalue weighted by atomic mass is 32.2. The molecule has 0 aliphatic carbocycles. The molecule has 0 fully saturated rings. The predicted molar refractivity (Wildman–Crippen MR) is 106 cm³/mol. The Kier molecular flexibility index (Phi) is 5.62. The molecular weight excluding hydrogens is 396 g/mol. The van der Waals surface area contributed by atoms with E-state index in [0.29, 0.717) is 29.0 Å². The predicted octanol–water partition coefficient (Wildman–Crippen LogP) is 5.17. The van der Waals surface area contributed by atoms with Crippen LogP contribution in [0, 0.1) is 11.6 Å². The summed E-state index contributed by atoms with van der Waals surface area (Å²) in [7, 11) is 1.59. The van der Waals surface area contributed by atoms with Crippen LogP contribution in [0.15, 0.2) is 70.4 Å². The molecule has 0 bridgehead atoms. The SMILES string of the molecule is COc1cccc(-c2nnc(SCc3c(F)cccc3F)n2Cc2ccco2)c1. The quantitative estimate of drug-likeness (QED) is 0.392. The largest absolute Gasteiger partial charge is 0.497 e. The number of furan rings is 1. The Morgan fingerprint density at radius 3 is 2.55 bits per heavy atom. The van der Waals surface area contributed by atoms with Crippen LogP contribution in [-0.4, -0.2) is 21.9 Å². The minimum atomic E-state index is -0.581. The molecule has 148 valence electrons. The molecule has 5 nitrogen and oxygen atoms in total. The second-order valence-corrected chi connectivity index (χ2v) is 7.14. The van der Waals surface area contributed by atoms with Crippen LogP contribution in [0.3, 0.4) is 0 Å². The van der Waals surface area contributed by atoms with Crippen molar-refractivity contribution in [2.45, 2.75) is 17.5 Å². The zero-order chi connectivity index (χ0) is 20.2. The van der Waals surface area contributed by atoms with Gasteiger partial charge in [-0.15, -0.1) is 10.2 Å². The van der Waals surface area contributed by atoms with E-state index in [-0.39, 0.29) is 11.3 Å². The van der Waals surface area contributed by atoms with Crippen molar-refractivity contribution < 1.29 is 17.9 Å². The van der Waals surface area contributed by atoms with Gasteiger partial charge in [0.25, 0.3) is 0 Å². The van der Waals surface area contributed by atoms with Gasteiger partial charge in [0.2, 0.25) is 0 Å². The lowest BCUT2D eigenvalue weighted by atomic mass is 10.2. The molecule has 29 heavy (non-hydrogen) atoms. The van der Waals surface area contributed by atoms with Crippen LogP contribution >= 0.6 is 11.8 Å². The Morgan fingerprint density at radius 2 is 1.83 bits per heavy atom. The zero-order valence-electron chi connectivity index (χ0n) is 15.5. The molecule has 0 atom stereocenters. The number of hydrogen-bond donors (Lipinski definition) is 0. The van der Waals surface area contributed by atoms with Crippen LogP contribution in [0.4, 0.5) is 8.78 Å². The standard InChI is InChI=1S/C21H17F2N3O2S/c1-27-15-6-2-5-14(11-15)20-24-25-21(26(20)12-16-7-4-10-28-16)29-13-17-18(22)8-3-9-19(17)23/h2-11H,12-13H2,1H3. The Bertz CT molecular complexity index is 1090. The van der Waals surface area contributed by atoms with E-state index < -0.39 is 11.6 Å². The van der Waals surface area contributed by atoms with Crippen molar-refractivity contribution >= 4 is 11.8 Å². The highest BCUT2D eigenvalue weighted by Gasteiger charge is 2.18. The van der Waals surface area contributed by atoms with E-state index in [1.165, 1.54) is 30.0 Å². The Hall–Kier alpha value is -3.13. The lowest BCUT2D eigenvalue weighted by Gasteiger charge is -2.10. The van der Waals surface area contributed by atoms with Crippen LogP contribution in [-0.2, 0) is 12.3 Å². The molecule has 0 aliphatic rings. The number of hydrogen-bond acceptors (Lipinski definition) is 5. The molecule has 0 radical (unpaired) electrons. The number of methoxy groups -OCH3 is 1. The second kappa shape index (κ2) is 8.48. The smallest absolute Gasteiger partial charge is 0.192 e. The first-order valence-corrected chi connectivity index (χ1v) is 9.80. The topological polar surface area (TPSA) is 53.1 Å². The van der Waals surface area contributed by atoms with Gasteiger partial charge in [-0.3, -0.25) is 4.57 Å². The molecule has 0 unspecified atom stereocenters. The lowest BCUT2D eigenvalue weighted by Crippen LogP contribution is -2.04. The maximum Gasteiger partial charge on any atom is 0.192 e. The molecule has 4 aromatic rings. The third-order valence-corrected chi connectivity index (χ3v) is 5.34. The van der Waals surface area contributed by atoms with Crippen molar-refractivity contribution in [3.63, 3.8) is 0 Å². The summed E-state index contributed by atoms with van der Waals surface area (Å²) in [6.45, 7) is 0.384. The summed E-state index contributed by atoms with van der Waals surface area (Å²) in [6.07, 6.45) is 1.59. The summed E-state index contributed by atoms with van der Waals surface area (Å²) >= 11 is 1.21. The van der Waals surface area contributed by atoms with E-state index in [2.05, 4.69) is 10.2 Å². The van der Waals surface area contributed by atoms with Gasteiger partial charge in [-0.1, -0.05) is 30.0 Å². The number of thioether (sulfide) groups is 1. The van der Waals surface area contributed by atoms with E-state index >= 15 is 0 Å². The molecule has 2 aromatic heterocycles. The average Bonchev–Trinajstić information content (AvgIpc) is 3.38. The molecule has 0 aliphatic heterocycles. The Balaban J connectivity index is 1.69. The summed E-state index contributed by atoms with van der Waals surface area (Å²) in [5.74, 6) is 0.944. The first-order valence-electron chi connectivity index (χ1n) is 8.81. The van der Waals surface area contributed by atoms with Crippen molar-refractivity contribution in [1.82, 2.24) is 14.8 Å². The van der Waals surface area contributed by atoms with E-state index in [1.807, 2.05) is 34.9 Å². The fraction of sp³-hybridized carbons (Fsp3) is 0.143. The van der Waals surface area contributed by atoms with Gasteiger partial charge in [0, 0.05) is 16.9 Å². The summed E-state index contributed by atoms with van der Waals surface area (Å²) < 4.78 is 40.6. The zero-order valence-corrected chi connectivity index (χ0v) is 16.3. The van der Waals surface area contributed by atoms with Gasteiger partial charge in [0.05, 0.1) is 19.9 Å². The highest BCUT2D eigenvalue weighted by Crippen LogP contribution is 2.30. The normalized spacial score (nSPS) is 11.0. The average molecular weight is 413 g/mol. The summed E-state index contributed by atoms with van der Waals surface area (Å²) in [5, 5.41) is 9.09. The lowest BCUT2D eigenvalue weighted by molar-refractivity contribution is 0.415. The minimum Gasteiger partial charge on any atom is -0.497 e. The fourth-order valence-corrected chi connectivity index (χ4v) is 3.83. The van der Waals surface area contributed by atoms with E-state index in [9.17, 15) is 8.78 Å². The minimum absolute atomic E-state index is 0.00739. The van der Waals surface area contributed by atoms with Gasteiger partial charge < -0.3 is 9.15 Å². The Morgan fingerprint density at radius 1 is 1.03 bits per heavy atom. The van der Waals surface area contributed by atoms with Crippen molar-refractivity contribution in [2.75, 3.05) is 7.11 Å². The summed E-state index contributed by atoms with van der Waals surface area (Å²) in [5.41, 5.74) is 0.820. The van der Waals surface area contributed by atoms with Crippen LogP contribution in [0.2, 0.25) is 0 Å². The second-order valence-electron chi connectivity index (χ2n) is 6.19. The maximum atomic E-state index is 14.0. The van der Waals surface area contributed by atoms with Gasteiger partial charge in [0.1, 0.15) is 23.1 Å². The molecule has 0 N–H and O–H groups in total. The number of benzene rings is 2. The van der Waals surface area contributed by atoms with E-state index in [4.69, 9.17) is 9.15 Å². The number of ether oxygens (including phenoxy) is 1. The molecule has 0 spiro atoms. The number of nitrogens with zero attached hydrogens (tertiary/aromatic N) is 3. The molecule has 2 heterocycles. The van der Waals surface area contributed by atoms with Crippen molar-refractivity contribution in [3.8, 4) is 17.1 Å². The third kappa shape index (κ3) is 4.17. The first-order chi connectivity index (χ1) is 14.2. The molecule has 4 rings (SSSR count). The third-order valence-electron chi connectivity index (χ3n) is 4.35. The fourth-order valence-electron chi connectivity index (χ4n) is 2.88. The molecular formula is C21H17F2N3O2S. The molecule has 8 heteroatoms. The molecule has 2 aromatic carbocycles. The van der Waals surface area contributed by atoms with Crippen LogP contribution in [0.25, 0.3) is 11.4 Å². The van der Waals surface area contributed by atoms with Gasteiger partial charge in [-0.05, 0) is 36.4 Å². The number of halogens is 2. The van der Waals surface area contributed by atoms with Gasteiger partial charge in [-0.2, -0.15) is 0 Å². The Labute approximate surface area is 170 Å². The molecule has 0 amide bonds.